The zero-order chi connectivity index (χ0) is 25.4. The zero-order valence-corrected chi connectivity index (χ0v) is 20.5. The quantitative estimate of drug-likeness (QED) is 0.297. The maximum absolute atomic E-state index is 13.1. The van der Waals surface area contributed by atoms with E-state index in [1.54, 1.807) is 49.4 Å². The fourth-order valence-electron chi connectivity index (χ4n) is 4.03. The summed E-state index contributed by atoms with van der Waals surface area (Å²) in [6.07, 6.45) is 0. The van der Waals surface area contributed by atoms with Crippen molar-refractivity contribution in [1.29, 1.82) is 0 Å². The molecule has 1 heterocycles. The van der Waals surface area contributed by atoms with Crippen LogP contribution in [0.5, 0.6) is 0 Å². The van der Waals surface area contributed by atoms with Gasteiger partial charge in [-0.1, -0.05) is 65.7 Å². The van der Waals surface area contributed by atoms with Gasteiger partial charge in [0.2, 0.25) is 0 Å². The van der Waals surface area contributed by atoms with Gasteiger partial charge >= 0.3 is 0 Å². The highest BCUT2D eigenvalue weighted by atomic mass is 35.5. The largest absolute Gasteiger partial charge is 0.350 e. The number of imide groups is 1. The van der Waals surface area contributed by atoms with Gasteiger partial charge in [-0.05, 0) is 60.3 Å². The van der Waals surface area contributed by atoms with Crippen LogP contribution in [0.25, 0.3) is 10.8 Å². The summed E-state index contributed by atoms with van der Waals surface area (Å²) in [5.74, 6) is -1.50. The predicted molar refractivity (Wildman–Crippen MR) is 144 cm³/mol. The number of amides is 3. The summed E-state index contributed by atoms with van der Waals surface area (Å²) in [4.78, 5) is 39.7. The summed E-state index contributed by atoms with van der Waals surface area (Å²) in [6, 6.07) is 25.0. The minimum Gasteiger partial charge on any atom is -0.350 e. The molecule has 0 fully saturated rings. The second-order valence-corrected chi connectivity index (χ2v) is 9.06. The summed E-state index contributed by atoms with van der Waals surface area (Å²) in [5, 5.41) is 7.99. The van der Waals surface area contributed by atoms with E-state index in [9.17, 15) is 14.4 Å². The van der Waals surface area contributed by atoms with Crippen LogP contribution in [-0.2, 0) is 9.59 Å². The maximum atomic E-state index is 13.1. The maximum Gasteiger partial charge on any atom is 0.283 e. The van der Waals surface area contributed by atoms with Gasteiger partial charge in [0.1, 0.15) is 10.7 Å². The lowest BCUT2D eigenvalue weighted by Gasteiger charge is -2.17. The molecule has 0 radical (unpaired) electrons. The molecule has 178 valence electrons. The number of carbonyl (C=O) groups excluding carboxylic acids is 3. The van der Waals surface area contributed by atoms with E-state index in [2.05, 4.69) is 10.6 Å². The number of carbonyl (C=O) groups is 3. The highest BCUT2D eigenvalue weighted by Gasteiger charge is 2.39. The van der Waals surface area contributed by atoms with Gasteiger partial charge in [-0.25, -0.2) is 4.90 Å². The van der Waals surface area contributed by atoms with Crippen LogP contribution in [0, 0.1) is 6.92 Å². The van der Waals surface area contributed by atoms with Crippen molar-refractivity contribution in [2.24, 2.45) is 0 Å². The van der Waals surface area contributed by atoms with Gasteiger partial charge in [0.15, 0.2) is 0 Å². The lowest BCUT2D eigenvalue weighted by Crippen LogP contribution is -2.32. The van der Waals surface area contributed by atoms with E-state index in [4.69, 9.17) is 23.2 Å². The van der Waals surface area contributed by atoms with Crippen LogP contribution in [0.15, 0.2) is 95.7 Å². The average molecular weight is 516 g/mol. The fourth-order valence-corrected chi connectivity index (χ4v) is 4.41. The Bertz CT molecular complexity index is 1570. The number of anilines is 3. The van der Waals surface area contributed by atoms with Gasteiger partial charge in [0, 0.05) is 27.3 Å². The van der Waals surface area contributed by atoms with Crippen molar-refractivity contribution in [2.75, 3.05) is 15.5 Å². The molecule has 8 heteroatoms. The molecule has 2 N–H and O–H groups in total. The number of aryl methyl sites for hydroxylation is 1. The molecule has 5 rings (SSSR count). The number of rotatable bonds is 5. The smallest absolute Gasteiger partial charge is 0.283 e. The molecule has 6 nitrogen and oxygen atoms in total. The second kappa shape index (κ2) is 9.49. The van der Waals surface area contributed by atoms with Gasteiger partial charge in [0.25, 0.3) is 17.7 Å². The molecule has 0 aromatic heterocycles. The second-order valence-electron chi connectivity index (χ2n) is 8.25. The molecule has 3 amide bonds. The molecule has 0 aliphatic carbocycles. The van der Waals surface area contributed by atoms with Crippen LogP contribution in [0.1, 0.15) is 15.9 Å². The molecule has 1 aliphatic heterocycles. The average Bonchev–Trinajstić information content (AvgIpc) is 3.09. The highest BCUT2D eigenvalue weighted by molar-refractivity contribution is 6.53. The summed E-state index contributed by atoms with van der Waals surface area (Å²) in [7, 11) is 0. The van der Waals surface area contributed by atoms with Crippen LogP contribution in [0.4, 0.5) is 17.1 Å². The summed E-state index contributed by atoms with van der Waals surface area (Å²) in [5.41, 5.74) is 2.66. The molecule has 36 heavy (non-hydrogen) atoms. The molecule has 4 aromatic rings. The molecule has 0 atom stereocenters. The first-order valence-corrected chi connectivity index (χ1v) is 11.8. The van der Waals surface area contributed by atoms with Crippen LogP contribution in [-0.4, -0.2) is 17.7 Å². The minimum absolute atomic E-state index is 0.0472. The van der Waals surface area contributed by atoms with Gasteiger partial charge in [-0.3, -0.25) is 14.4 Å². The van der Waals surface area contributed by atoms with Crippen molar-refractivity contribution in [3.63, 3.8) is 0 Å². The lowest BCUT2D eigenvalue weighted by atomic mass is 10.1. The van der Waals surface area contributed by atoms with Crippen LogP contribution in [0.3, 0.4) is 0 Å². The van der Waals surface area contributed by atoms with E-state index in [0.29, 0.717) is 33.2 Å². The topological polar surface area (TPSA) is 78.5 Å². The number of benzene rings is 4. The van der Waals surface area contributed by atoms with Crippen molar-refractivity contribution < 1.29 is 14.4 Å². The normalized spacial score (nSPS) is 13.5. The number of fused-ring (bicyclic) bond motifs is 1. The highest BCUT2D eigenvalue weighted by Crippen LogP contribution is 2.33. The molecule has 0 bridgehead atoms. The lowest BCUT2D eigenvalue weighted by molar-refractivity contribution is -0.120. The van der Waals surface area contributed by atoms with Crippen molar-refractivity contribution >= 4 is 68.8 Å². The van der Waals surface area contributed by atoms with Crippen molar-refractivity contribution in [1.82, 2.24) is 0 Å². The Hall–Kier alpha value is -4.13. The molecule has 0 spiro atoms. The Morgan fingerprint density at radius 2 is 1.56 bits per heavy atom. The van der Waals surface area contributed by atoms with E-state index < -0.39 is 11.8 Å². The number of halogens is 2. The van der Waals surface area contributed by atoms with E-state index in [0.717, 1.165) is 15.7 Å². The summed E-state index contributed by atoms with van der Waals surface area (Å²) < 4.78 is 0. The Kier molecular flexibility index (Phi) is 6.22. The minimum atomic E-state index is -0.638. The molecule has 1 aliphatic rings. The van der Waals surface area contributed by atoms with E-state index >= 15 is 0 Å². The van der Waals surface area contributed by atoms with Gasteiger partial charge in [-0.15, -0.1) is 0 Å². The first kappa shape index (κ1) is 23.6. The number of hydrogen-bond acceptors (Lipinski definition) is 4. The Labute approximate surface area is 217 Å². The van der Waals surface area contributed by atoms with Crippen molar-refractivity contribution in [2.45, 2.75) is 6.92 Å². The van der Waals surface area contributed by atoms with Crippen molar-refractivity contribution in [3.05, 3.63) is 112 Å². The predicted octanol–water partition coefficient (Wildman–Crippen LogP) is 6.49. The third kappa shape index (κ3) is 4.33. The molecular formula is C28H19Cl2N3O3. The SMILES string of the molecule is Cc1ccc(Cl)cc1N1C(=O)C(Cl)=C(Nc2ccc(C(=O)Nc3cccc4ccccc34)cc2)C1=O. The van der Waals surface area contributed by atoms with Crippen LogP contribution >= 0.6 is 23.2 Å². The fraction of sp³-hybridized carbons (Fsp3) is 0.0357. The Balaban J connectivity index is 1.33. The Morgan fingerprint density at radius 3 is 2.33 bits per heavy atom. The number of nitrogens with one attached hydrogen (secondary N) is 2. The molecule has 0 saturated carbocycles. The summed E-state index contributed by atoms with van der Waals surface area (Å²) >= 11 is 12.3. The monoisotopic (exact) mass is 515 g/mol. The number of hydrogen-bond donors (Lipinski definition) is 2. The van der Waals surface area contributed by atoms with Crippen LogP contribution < -0.4 is 15.5 Å². The molecule has 0 saturated heterocycles. The Morgan fingerprint density at radius 1 is 0.833 bits per heavy atom. The van der Waals surface area contributed by atoms with E-state index in [1.807, 2.05) is 42.5 Å². The summed E-state index contributed by atoms with van der Waals surface area (Å²) in [6.45, 7) is 1.77. The molecule has 4 aromatic carbocycles. The third-order valence-electron chi connectivity index (χ3n) is 5.89. The van der Waals surface area contributed by atoms with Gasteiger partial charge in [-0.2, -0.15) is 0 Å². The van der Waals surface area contributed by atoms with Crippen molar-refractivity contribution in [3.8, 4) is 0 Å². The van der Waals surface area contributed by atoms with Gasteiger partial charge in [0.05, 0.1) is 5.69 Å². The first-order chi connectivity index (χ1) is 17.3. The van der Waals surface area contributed by atoms with E-state index in [-0.39, 0.29) is 16.6 Å². The third-order valence-corrected chi connectivity index (χ3v) is 6.48. The zero-order valence-electron chi connectivity index (χ0n) is 19.0. The van der Waals surface area contributed by atoms with Gasteiger partial charge < -0.3 is 10.6 Å². The first-order valence-electron chi connectivity index (χ1n) is 11.0. The molecule has 0 unspecified atom stereocenters. The van der Waals surface area contributed by atoms with Crippen LogP contribution in [0.2, 0.25) is 5.02 Å². The number of nitrogens with zero attached hydrogens (tertiary/aromatic N) is 1. The molecular weight excluding hydrogens is 497 g/mol. The standard InChI is InChI=1S/C28H19Cl2N3O3/c1-16-9-12-19(29)15-23(16)33-27(35)24(30)25(28(33)36)31-20-13-10-18(11-14-20)26(34)32-22-8-4-6-17-5-2-3-7-21(17)22/h2-15,31H,1H3,(H,32,34). The van der Waals surface area contributed by atoms with E-state index in [1.165, 1.54) is 0 Å².